The summed E-state index contributed by atoms with van der Waals surface area (Å²) in [7, 11) is 0. The van der Waals surface area contributed by atoms with Crippen LogP contribution in [0.4, 0.5) is 15.0 Å². The molecule has 1 saturated heterocycles. The number of nitrogens with one attached hydrogen (secondary N) is 3. The summed E-state index contributed by atoms with van der Waals surface area (Å²) in [6, 6.07) is 9.36. The molecule has 1 aliphatic carbocycles. The van der Waals surface area contributed by atoms with Crippen molar-refractivity contribution in [3.63, 3.8) is 0 Å². The molecule has 2 fully saturated rings. The van der Waals surface area contributed by atoms with Crippen LogP contribution in [0.3, 0.4) is 0 Å². The number of halogens is 1. The first-order chi connectivity index (χ1) is 14.1. The van der Waals surface area contributed by atoms with Gasteiger partial charge in [-0.2, -0.15) is 4.52 Å². The number of aromatic nitrogens is 4. The van der Waals surface area contributed by atoms with Crippen LogP contribution >= 0.6 is 0 Å². The number of fused-ring (bicyclic) bond motifs is 1. The second-order valence-corrected chi connectivity index (χ2v) is 7.34. The zero-order chi connectivity index (χ0) is 20.0. The Kier molecular flexibility index (Phi) is 3.93. The van der Waals surface area contributed by atoms with E-state index in [1.54, 1.807) is 30.3 Å². The molecule has 0 radical (unpaired) electrons. The van der Waals surface area contributed by atoms with Gasteiger partial charge in [0.15, 0.2) is 11.5 Å². The van der Waals surface area contributed by atoms with Crippen molar-refractivity contribution >= 4 is 23.4 Å². The van der Waals surface area contributed by atoms with Crippen molar-refractivity contribution in [2.75, 3.05) is 11.9 Å². The van der Waals surface area contributed by atoms with E-state index in [-0.39, 0.29) is 11.8 Å². The molecule has 1 saturated carbocycles. The molecule has 29 heavy (non-hydrogen) atoms. The van der Waals surface area contributed by atoms with Gasteiger partial charge in [-0.05, 0) is 37.1 Å². The molecule has 2 unspecified atom stereocenters. The van der Waals surface area contributed by atoms with Crippen LogP contribution in [0.2, 0.25) is 0 Å². The van der Waals surface area contributed by atoms with Crippen LogP contribution in [-0.2, 0) is 4.79 Å². The van der Waals surface area contributed by atoms with E-state index in [1.165, 1.54) is 10.6 Å². The lowest BCUT2D eigenvalue weighted by molar-refractivity contribution is -0.125. The van der Waals surface area contributed by atoms with Crippen LogP contribution in [-0.4, -0.2) is 43.8 Å². The molecule has 10 heteroatoms. The summed E-state index contributed by atoms with van der Waals surface area (Å²) in [5.41, 5.74) is -0.0541. The lowest BCUT2D eigenvalue weighted by Gasteiger charge is -2.28. The molecule has 0 bridgehead atoms. The van der Waals surface area contributed by atoms with Crippen LogP contribution in [0.5, 0.6) is 0 Å². The Morgan fingerprint density at radius 1 is 1.21 bits per heavy atom. The van der Waals surface area contributed by atoms with E-state index in [1.807, 2.05) is 0 Å². The fourth-order valence-corrected chi connectivity index (χ4v) is 4.24. The third kappa shape index (κ3) is 2.79. The highest BCUT2D eigenvalue weighted by atomic mass is 19.1. The maximum absolute atomic E-state index is 14.2. The van der Waals surface area contributed by atoms with E-state index in [4.69, 9.17) is 0 Å². The fraction of sp³-hybridized carbons (Fsp3) is 0.316. The van der Waals surface area contributed by atoms with Crippen LogP contribution in [0, 0.1) is 11.7 Å². The minimum absolute atomic E-state index is 0.0570. The van der Waals surface area contributed by atoms with Crippen LogP contribution in [0.25, 0.3) is 17.0 Å². The second kappa shape index (κ2) is 6.50. The van der Waals surface area contributed by atoms with Gasteiger partial charge in [0, 0.05) is 12.5 Å². The van der Waals surface area contributed by atoms with E-state index in [2.05, 4.69) is 31.2 Å². The first kappa shape index (κ1) is 17.5. The monoisotopic (exact) mass is 395 g/mol. The zero-order valence-corrected chi connectivity index (χ0v) is 15.4. The average molecular weight is 395 g/mol. The normalized spacial score (nSPS) is 23.6. The van der Waals surface area contributed by atoms with Crippen molar-refractivity contribution in [3.05, 3.63) is 42.2 Å². The number of carbonyl (C=O) groups is 2. The van der Waals surface area contributed by atoms with Crippen molar-refractivity contribution in [1.82, 2.24) is 30.4 Å². The quantitative estimate of drug-likeness (QED) is 0.580. The number of rotatable bonds is 4. The third-order valence-electron chi connectivity index (χ3n) is 5.70. The van der Waals surface area contributed by atoms with Crippen molar-refractivity contribution in [3.8, 4) is 11.4 Å². The largest absolute Gasteiger partial charge is 0.368 e. The predicted molar refractivity (Wildman–Crippen MR) is 101 cm³/mol. The summed E-state index contributed by atoms with van der Waals surface area (Å²) in [5, 5.41) is 21.0. The number of nitrogens with zero attached hydrogens (tertiary/aromatic N) is 4. The highest BCUT2D eigenvalue weighted by Gasteiger charge is 2.54. The van der Waals surface area contributed by atoms with Gasteiger partial charge in [-0.25, -0.2) is 9.18 Å². The molecule has 2 aliphatic rings. The number of hydrogen-bond donors (Lipinski definition) is 3. The molecule has 9 nitrogen and oxygen atoms in total. The van der Waals surface area contributed by atoms with Crippen molar-refractivity contribution in [1.29, 1.82) is 0 Å². The van der Waals surface area contributed by atoms with Gasteiger partial charge in [0.1, 0.15) is 17.2 Å². The van der Waals surface area contributed by atoms with Gasteiger partial charge in [0.25, 0.3) is 5.91 Å². The van der Waals surface area contributed by atoms with Gasteiger partial charge in [-0.1, -0.05) is 18.6 Å². The van der Waals surface area contributed by atoms with Crippen molar-refractivity contribution in [2.45, 2.75) is 24.8 Å². The summed E-state index contributed by atoms with van der Waals surface area (Å²) in [6.45, 7) is 0.462. The molecular formula is C19H18FN7O2. The number of urea groups is 1. The highest BCUT2D eigenvalue weighted by molar-refractivity contribution is 6.07. The minimum Gasteiger partial charge on any atom is -0.368 e. The smallest absolute Gasteiger partial charge is 0.322 e. The molecule has 2 aromatic heterocycles. The number of hydrogen-bond acceptors (Lipinski definition) is 6. The standard InChI is InChI=1S/C19H18FN7O2/c20-13-6-2-1-5-12(13)16-25-24-15-8-7-14(26-27(15)16)21-10-11-4-3-9-19(11)17(28)22-18(29)23-19/h1-2,5-8,11H,3-4,9-10H2,(H,21,26)(H2,22,23,28,29). The predicted octanol–water partition coefficient (Wildman–Crippen LogP) is 1.72. The Labute approximate surface area is 164 Å². The Balaban J connectivity index is 1.40. The van der Waals surface area contributed by atoms with Crippen LogP contribution in [0.1, 0.15) is 19.3 Å². The van der Waals surface area contributed by atoms with Gasteiger partial charge in [-0.15, -0.1) is 15.3 Å². The molecular weight excluding hydrogens is 377 g/mol. The van der Waals surface area contributed by atoms with E-state index in [0.29, 0.717) is 35.8 Å². The fourth-order valence-electron chi connectivity index (χ4n) is 4.24. The molecule has 3 aromatic rings. The summed E-state index contributed by atoms with van der Waals surface area (Å²) in [5.74, 6) is 0.121. The molecule has 3 N–H and O–H groups in total. The van der Waals surface area contributed by atoms with E-state index >= 15 is 0 Å². The lowest BCUT2D eigenvalue weighted by Crippen LogP contribution is -2.51. The van der Waals surface area contributed by atoms with E-state index < -0.39 is 17.4 Å². The minimum atomic E-state index is -0.858. The SMILES string of the molecule is O=C1NC(=O)C2(CCCC2CNc2ccc3nnc(-c4ccccc4F)n3n2)N1. The van der Waals surface area contributed by atoms with Gasteiger partial charge in [0.05, 0.1) is 5.56 Å². The molecule has 1 spiro atoms. The first-order valence-electron chi connectivity index (χ1n) is 9.42. The molecule has 5 rings (SSSR count). The number of carbonyl (C=O) groups excluding carboxylic acids is 2. The van der Waals surface area contributed by atoms with Gasteiger partial charge < -0.3 is 10.6 Å². The molecule has 1 aromatic carbocycles. The van der Waals surface area contributed by atoms with Gasteiger partial charge in [-0.3, -0.25) is 10.1 Å². The number of anilines is 1. The average Bonchev–Trinajstić information content (AvgIpc) is 3.38. The van der Waals surface area contributed by atoms with Crippen molar-refractivity contribution < 1.29 is 14.0 Å². The molecule has 1 aliphatic heterocycles. The molecule has 148 valence electrons. The van der Waals surface area contributed by atoms with E-state index in [9.17, 15) is 14.0 Å². The lowest BCUT2D eigenvalue weighted by atomic mass is 9.87. The molecule has 2 atom stereocenters. The Morgan fingerprint density at radius 2 is 2.07 bits per heavy atom. The topological polar surface area (TPSA) is 113 Å². The first-order valence-corrected chi connectivity index (χ1v) is 9.42. The van der Waals surface area contributed by atoms with Crippen molar-refractivity contribution in [2.24, 2.45) is 5.92 Å². The molecule has 3 amide bonds. The number of imide groups is 1. The maximum Gasteiger partial charge on any atom is 0.322 e. The third-order valence-corrected chi connectivity index (χ3v) is 5.70. The summed E-state index contributed by atoms with van der Waals surface area (Å²) in [4.78, 5) is 23.9. The van der Waals surface area contributed by atoms with Crippen LogP contribution in [0.15, 0.2) is 36.4 Å². The van der Waals surface area contributed by atoms with E-state index in [0.717, 1.165) is 12.8 Å². The Hall–Kier alpha value is -3.56. The number of amides is 3. The number of benzene rings is 1. The Morgan fingerprint density at radius 3 is 2.86 bits per heavy atom. The maximum atomic E-state index is 14.2. The van der Waals surface area contributed by atoms with Crippen LogP contribution < -0.4 is 16.0 Å². The molecule has 3 heterocycles. The summed E-state index contributed by atoms with van der Waals surface area (Å²) < 4.78 is 15.7. The Bertz CT molecular complexity index is 1130. The zero-order valence-electron chi connectivity index (χ0n) is 15.4. The second-order valence-electron chi connectivity index (χ2n) is 7.34. The van der Waals surface area contributed by atoms with Gasteiger partial charge in [0.2, 0.25) is 0 Å². The summed E-state index contributed by atoms with van der Waals surface area (Å²) >= 11 is 0. The highest BCUT2D eigenvalue weighted by Crippen LogP contribution is 2.38. The summed E-state index contributed by atoms with van der Waals surface area (Å²) in [6.07, 6.45) is 2.29. The van der Waals surface area contributed by atoms with Gasteiger partial charge >= 0.3 is 6.03 Å².